The van der Waals surface area contributed by atoms with Crippen LogP contribution in [0.15, 0.2) is 48.8 Å². The summed E-state index contributed by atoms with van der Waals surface area (Å²) in [5, 5.41) is 0. The summed E-state index contributed by atoms with van der Waals surface area (Å²) in [6.45, 7) is 8.32. The Morgan fingerprint density at radius 2 is 1.89 bits per heavy atom. The molecule has 1 aromatic rings. The molecule has 0 spiro atoms. The molecule has 0 saturated heterocycles. The average molecular weight is 260 g/mol. The fraction of sp³-hybridized carbons (Fsp3) is 0.412. The molecule has 104 valence electrons. The molecule has 1 aromatic carbocycles. The Labute approximate surface area is 116 Å². The summed E-state index contributed by atoms with van der Waals surface area (Å²) in [5.41, 5.74) is 0.994. The molecule has 0 radical (unpaired) electrons. The molecule has 0 fully saturated rings. The van der Waals surface area contributed by atoms with E-state index < -0.39 is 0 Å². The van der Waals surface area contributed by atoms with Gasteiger partial charge in [-0.25, -0.2) is 0 Å². The minimum Gasteiger partial charge on any atom is -0.505 e. The lowest BCUT2D eigenvalue weighted by Crippen LogP contribution is -2.31. The van der Waals surface area contributed by atoms with Crippen molar-refractivity contribution in [3.05, 3.63) is 54.3 Å². The van der Waals surface area contributed by atoms with Gasteiger partial charge in [0, 0.05) is 5.41 Å². The van der Waals surface area contributed by atoms with E-state index >= 15 is 0 Å². The topological polar surface area (TPSA) is 18.5 Å². The van der Waals surface area contributed by atoms with E-state index in [1.165, 1.54) is 0 Å². The zero-order chi connectivity index (χ0) is 14.3. The molecule has 0 heterocycles. The highest BCUT2D eigenvalue weighted by Crippen LogP contribution is 2.29. The third kappa shape index (κ3) is 4.47. The lowest BCUT2D eigenvalue weighted by molar-refractivity contribution is 0.146. The summed E-state index contributed by atoms with van der Waals surface area (Å²) in [6, 6.07) is 8.07. The number of hydrogen-bond acceptors (Lipinski definition) is 2. The maximum atomic E-state index is 6.15. The van der Waals surface area contributed by atoms with Crippen LogP contribution in [0.5, 0.6) is 5.75 Å². The number of hydrogen-bond donors (Lipinski definition) is 0. The Morgan fingerprint density at radius 3 is 2.47 bits per heavy atom. The fourth-order valence-electron chi connectivity index (χ4n) is 1.78. The van der Waals surface area contributed by atoms with E-state index in [1.807, 2.05) is 37.3 Å². The van der Waals surface area contributed by atoms with Gasteiger partial charge in [-0.1, -0.05) is 38.1 Å². The monoisotopic (exact) mass is 260 g/mol. The molecule has 0 saturated carbocycles. The molecule has 0 N–H and O–H groups in total. The van der Waals surface area contributed by atoms with Crippen LogP contribution in [0.4, 0.5) is 0 Å². The first-order chi connectivity index (χ1) is 9.01. The van der Waals surface area contributed by atoms with Crippen LogP contribution in [0, 0.1) is 12.3 Å². The van der Waals surface area contributed by atoms with Crippen LogP contribution in [0.3, 0.4) is 0 Å². The quantitative estimate of drug-likeness (QED) is 0.553. The predicted octanol–water partition coefficient (Wildman–Crippen LogP) is 4.50. The lowest BCUT2D eigenvalue weighted by Gasteiger charge is -2.30. The van der Waals surface area contributed by atoms with Gasteiger partial charge in [0.15, 0.2) is 0 Å². The van der Waals surface area contributed by atoms with E-state index in [2.05, 4.69) is 32.9 Å². The highest BCUT2D eigenvalue weighted by atomic mass is 16.5. The van der Waals surface area contributed by atoms with E-state index in [0.717, 1.165) is 11.3 Å². The Hall–Kier alpha value is -1.70. The van der Waals surface area contributed by atoms with Crippen LogP contribution in [0.1, 0.15) is 26.3 Å². The number of para-hydroxylation sites is 1. The van der Waals surface area contributed by atoms with Gasteiger partial charge in [0.1, 0.15) is 11.9 Å². The largest absolute Gasteiger partial charge is 0.505 e. The first-order valence-corrected chi connectivity index (χ1v) is 6.57. The molecular weight excluding hydrogens is 236 g/mol. The molecule has 0 aliphatic rings. The third-order valence-corrected chi connectivity index (χ3v) is 3.08. The zero-order valence-corrected chi connectivity index (χ0v) is 12.5. The standard InChI is InChI=1S/C17H24O2/c1-6-9-16(17(3,4)12-13-18-5)19-15-11-8-7-10-14(15)2/h6-13,16H,1-5H3. The Balaban J connectivity index is 2.96. The van der Waals surface area contributed by atoms with Crippen molar-refractivity contribution < 1.29 is 9.47 Å². The van der Waals surface area contributed by atoms with Gasteiger partial charge in [-0.3, -0.25) is 0 Å². The molecule has 0 aromatic heterocycles. The molecule has 2 nitrogen and oxygen atoms in total. The first kappa shape index (κ1) is 15.4. The van der Waals surface area contributed by atoms with Crippen LogP contribution in [0.25, 0.3) is 0 Å². The van der Waals surface area contributed by atoms with Crippen LogP contribution in [-0.4, -0.2) is 13.2 Å². The minimum atomic E-state index is -0.148. The van der Waals surface area contributed by atoms with E-state index in [-0.39, 0.29) is 11.5 Å². The van der Waals surface area contributed by atoms with Crippen molar-refractivity contribution in [2.45, 2.75) is 33.8 Å². The van der Waals surface area contributed by atoms with Crippen LogP contribution in [0.2, 0.25) is 0 Å². The second-order valence-electron chi connectivity index (χ2n) is 5.19. The Morgan fingerprint density at radius 1 is 1.21 bits per heavy atom. The second kappa shape index (κ2) is 7.03. The average Bonchev–Trinajstić information content (AvgIpc) is 2.38. The van der Waals surface area contributed by atoms with Crippen molar-refractivity contribution in [1.82, 2.24) is 0 Å². The summed E-state index contributed by atoms with van der Waals surface area (Å²) in [4.78, 5) is 0. The second-order valence-corrected chi connectivity index (χ2v) is 5.19. The van der Waals surface area contributed by atoms with E-state index in [0.29, 0.717) is 0 Å². The van der Waals surface area contributed by atoms with Crippen molar-refractivity contribution in [1.29, 1.82) is 0 Å². The highest BCUT2D eigenvalue weighted by Gasteiger charge is 2.27. The fourth-order valence-corrected chi connectivity index (χ4v) is 1.78. The van der Waals surface area contributed by atoms with Gasteiger partial charge in [0.05, 0.1) is 13.4 Å². The van der Waals surface area contributed by atoms with E-state index in [1.54, 1.807) is 13.4 Å². The number of benzene rings is 1. The van der Waals surface area contributed by atoms with Crippen molar-refractivity contribution in [2.75, 3.05) is 7.11 Å². The molecule has 2 heteroatoms. The SMILES string of the molecule is CC=CC(Oc1ccccc1C)C(C)(C)C=COC. The van der Waals surface area contributed by atoms with Gasteiger partial charge >= 0.3 is 0 Å². The summed E-state index contributed by atoms with van der Waals surface area (Å²) < 4.78 is 11.2. The Bertz CT molecular complexity index is 444. The van der Waals surface area contributed by atoms with Crippen molar-refractivity contribution in [2.24, 2.45) is 5.41 Å². The van der Waals surface area contributed by atoms with Gasteiger partial charge in [0.2, 0.25) is 0 Å². The molecule has 0 amide bonds. The smallest absolute Gasteiger partial charge is 0.125 e. The molecule has 0 aliphatic carbocycles. The molecular formula is C17H24O2. The number of allylic oxidation sites excluding steroid dienone is 1. The zero-order valence-electron chi connectivity index (χ0n) is 12.5. The van der Waals surface area contributed by atoms with Crippen molar-refractivity contribution in [3.8, 4) is 5.75 Å². The number of aryl methyl sites for hydroxylation is 1. The lowest BCUT2D eigenvalue weighted by atomic mass is 9.86. The molecule has 1 unspecified atom stereocenters. The van der Waals surface area contributed by atoms with E-state index in [4.69, 9.17) is 9.47 Å². The maximum Gasteiger partial charge on any atom is 0.125 e. The molecule has 19 heavy (non-hydrogen) atoms. The highest BCUT2D eigenvalue weighted by molar-refractivity contribution is 5.32. The Kier molecular flexibility index (Phi) is 5.68. The van der Waals surface area contributed by atoms with Gasteiger partial charge < -0.3 is 9.47 Å². The van der Waals surface area contributed by atoms with Crippen LogP contribution < -0.4 is 4.74 Å². The van der Waals surface area contributed by atoms with Crippen molar-refractivity contribution >= 4 is 0 Å². The number of ether oxygens (including phenoxy) is 2. The predicted molar refractivity (Wildman–Crippen MR) is 80.3 cm³/mol. The molecule has 1 rings (SSSR count). The minimum absolute atomic E-state index is 0.0370. The van der Waals surface area contributed by atoms with Crippen LogP contribution in [-0.2, 0) is 4.74 Å². The summed E-state index contributed by atoms with van der Waals surface area (Å²) in [6.07, 6.45) is 7.79. The number of methoxy groups -OCH3 is 1. The number of rotatable bonds is 6. The maximum absolute atomic E-state index is 6.15. The molecule has 0 bridgehead atoms. The molecule has 1 atom stereocenters. The summed E-state index contributed by atoms with van der Waals surface area (Å²) >= 11 is 0. The van der Waals surface area contributed by atoms with E-state index in [9.17, 15) is 0 Å². The summed E-state index contributed by atoms with van der Waals surface area (Å²) in [5.74, 6) is 0.921. The summed E-state index contributed by atoms with van der Waals surface area (Å²) in [7, 11) is 1.65. The van der Waals surface area contributed by atoms with Gasteiger partial charge in [-0.15, -0.1) is 0 Å². The van der Waals surface area contributed by atoms with Crippen molar-refractivity contribution in [3.63, 3.8) is 0 Å². The molecule has 0 aliphatic heterocycles. The normalized spacial score (nSPS) is 13.9. The third-order valence-electron chi connectivity index (χ3n) is 3.08. The van der Waals surface area contributed by atoms with Gasteiger partial charge in [-0.2, -0.15) is 0 Å². The van der Waals surface area contributed by atoms with Crippen LogP contribution >= 0.6 is 0 Å². The van der Waals surface area contributed by atoms with Gasteiger partial charge in [-0.05, 0) is 37.6 Å². The van der Waals surface area contributed by atoms with Gasteiger partial charge in [0.25, 0.3) is 0 Å². The first-order valence-electron chi connectivity index (χ1n) is 6.57.